The normalized spacial score (nSPS) is 12.2. The molecule has 1 rings (SSSR count). The van der Waals surface area contributed by atoms with Gasteiger partial charge in [-0.15, -0.1) is 0 Å². The first-order chi connectivity index (χ1) is 7.47. The number of benzene rings is 1. The molecule has 1 aromatic rings. The molecule has 1 N–H and O–H groups in total. The van der Waals surface area contributed by atoms with E-state index in [0.717, 1.165) is 5.56 Å². The second-order valence-electron chi connectivity index (χ2n) is 3.36. The highest BCUT2D eigenvalue weighted by Gasteiger charge is 2.15. The third-order valence-electron chi connectivity index (χ3n) is 2.39. The summed E-state index contributed by atoms with van der Waals surface area (Å²) in [4.78, 5) is 11.4. The number of halogens is 1. The SMILES string of the molecule is Cc1ccc(C(=O)OBr)c(C)c1CS(=O)O. The molecule has 0 aliphatic rings. The van der Waals surface area contributed by atoms with Crippen LogP contribution >= 0.6 is 16.3 Å². The van der Waals surface area contributed by atoms with Crippen molar-refractivity contribution in [1.82, 2.24) is 0 Å². The van der Waals surface area contributed by atoms with E-state index in [1.807, 2.05) is 6.92 Å². The van der Waals surface area contributed by atoms with Gasteiger partial charge in [-0.25, -0.2) is 9.00 Å². The fourth-order valence-electron chi connectivity index (χ4n) is 1.50. The molecule has 1 unspecified atom stereocenters. The Labute approximate surface area is 105 Å². The first-order valence-electron chi connectivity index (χ1n) is 4.46. The van der Waals surface area contributed by atoms with Crippen LogP contribution in [-0.2, 0) is 20.7 Å². The predicted molar refractivity (Wildman–Crippen MR) is 64.7 cm³/mol. The molecule has 0 aliphatic heterocycles. The molecule has 0 saturated heterocycles. The minimum atomic E-state index is -1.92. The maximum atomic E-state index is 11.4. The molecule has 88 valence electrons. The van der Waals surface area contributed by atoms with Crippen molar-refractivity contribution in [3.8, 4) is 0 Å². The van der Waals surface area contributed by atoms with Gasteiger partial charge in [0, 0.05) is 0 Å². The van der Waals surface area contributed by atoms with Gasteiger partial charge in [0.2, 0.25) is 0 Å². The summed E-state index contributed by atoms with van der Waals surface area (Å²) in [5.41, 5.74) is 2.65. The van der Waals surface area contributed by atoms with Crippen LogP contribution in [0.25, 0.3) is 0 Å². The Morgan fingerprint density at radius 1 is 1.50 bits per heavy atom. The quantitative estimate of drug-likeness (QED) is 0.872. The van der Waals surface area contributed by atoms with Crippen molar-refractivity contribution in [2.75, 3.05) is 0 Å². The lowest BCUT2D eigenvalue weighted by Crippen LogP contribution is -2.07. The minimum absolute atomic E-state index is 0.0150. The van der Waals surface area contributed by atoms with Gasteiger partial charge in [-0.2, -0.15) is 0 Å². The predicted octanol–water partition coefficient (Wildman–Crippen LogP) is 2.49. The summed E-state index contributed by atoms with van der Waals surface area (Å²) < 4.78 is 24.1. The molecule has 6 heteroatoms. The Morgan fingerprint density at radius 3 is 2.62 bits per heavy atom. The van der Waals surface area contributed by atoms with Gasteiger partial charge >= 0.3 is 5.97 Å². The van der Waals surface area contributed by atoms with Crippen LogP contribution in [0.4, 0.5) is 0 Å². The van der Waals surface area contributed by atoms with Crippen LogP contribution in [0.1, 0.15) is 27.0 Å². The molecule has 0 saturated carbocycles. The van der Waals surface area contributed by atoms with Crippen LogP contribution < -0.4 is 0 Å². The summed E-state index contributed by atoms with van der Waals surface area (Å²) in [6.45, 7) is 3.56. The van der Waals surface area contributed by atoms with Crippen LogP contribution in [0.2, 0.25) is 0 Å². The van der Waals surface area contributed by atoms with Gasteiger partial charge in [0.15, 0.2) is 27.3 Å². The maximum absolute atomic E-state index is 11.4. The van der Waals surface area contributed by atoms with Crippen molar-refractivity contribution in [2.24, 2.45) is 0 Å². The summed E-state index contributed by atoms with van der Waals surface area (Å²) in [5.74, 6) is -0.497. The van der Waals surface area contributed by atoms with Crippen molar-refractivity contribution in [3.05, 3.63) is 34.4 Å². The molecule has 0 bridgehead atoms. The minimum Gasteiger partial charge on any atom is -0.380 e. The van der Waals surface area contributed by atoms with E-state index >= 15 is 0 Å². The summed E-state index contributed by atoms with van der Waals surface area (Å²) in [5, 5.41) is 0. The smallest absolute Gasteiger partial charge is 0.349 e. The molecular formula is C10H11BrO4S. The average Bonchev–Trinajstić information content (AvgIpc) is 2.23. The number of carbonyl (C=O) groups excluding carboxylic acids is 1. The van der Waals surface area contributed by atoms with Crippen molar-refractivity contribution in [1.29, 1.82) is 0 Å². The first-order valence-corrected chi connectivity index (χ1v) is 6.39. The highest BCUT2D eigenvalue weighted by molar-refractivity contribution is 9.06. The van der Waals surface area contributed by atoms with Crippen molar-refractivity contribution in [2.45, 2.75) is 19.6 Å². The van der Waals surface area contributed by atoms with E-state index in [0.29, 0.717) is 16.7 Å². The van der Waals surface area contributed by atoms with Gasteiger partial charge in [-0.05, 0) is 36.6 Å². The van der Waals surface area contributed by atoms with Crippen LogP contribution in [0, 0.1) is 13.8 Å². The molecule has 0 heterocycles. The third-order valence-corrected chi connectivity index (χ3v) is 3.22. The Bertz CT molecular complexity index is 445. The van der Waals surface area contributed by atoms with E-state index in [1.54, 1.807) is 19.1 Å². The molecule has 0 spiro atoms. The van der Waals surface area contributed by atoms with Crippen molar-refractivity contribution < 1.29 is 17.4 Å². The lowest BCUT2D eigenvalue weighted by Gasteiger charge is -2.11. The van der Waals surface area contributed by atoms with Gasteiger partial charge < -0.3 is 8.38 Å². The molecule has 4 nitrogen and oxygen atoms in total. The van der Waals surface area contributed by atoms with E-state index in [-0.39, 0.29) is 5.75 Å². The Morgan fingerprint density at radius 2 is 2.12 bits per heavy atom. The Balaban J connectivity index is 3.26. The number of aryl methyl sites for hydroxylation is 1. The van der Waals surface area contributed by atoms with Crippen molar-refractivity contribution >= 4 is 33.3 Å². The van der Waals surface area contributed by atoms with Crippen LogP contribution in [0.3, 0.4) is 0 Å². The second kappa shape index (κ2) is 5.56. The van der Waals surface area contributed by atoms with Crippen molar-refractivity contribution in [3.63, 3.8) is 0 Å². The molecule has 0 aliphatic carbocycles. The number of carbonyl (C=O) groups is 1. The van der Waals surface area contributed by atoms with Gasteiger partial charge in [0.25, 0.3) is 0 Å². The fourth-order valence-corrected chi connectivity index (χ4v) is 2.37. The highest BCUT2D eigenvalue weighted by Crippen LogP contribution is 2.21. The first kappa shape index (κ1) is 13.3. The largest absolute Gasteiger partial charge is 0.380 e. The zero-order valence-corrected chi connectivity index (χ0v) is 11.2. The zero-order chi connectivity index (χ0) is 12.3. The van der Waals surface area contributed by atoms with E-state index in [1.165, 1.54) is 0 Å². The molecular weight excluding hydrogens is 296 g/mol. The molecule has 16 heavy (non-hydrogen) atoms. The number of rotatable bonds is 3. The van der Waals surface area contributed by atoms with Crippen LogP contribution in [-0.4, -0.2) is 14.7 Å². The lowest BCUT2D eigenvalue weighted by atomic mass is 9.99. The molecule has 1 aromatic carbocycles. The summed E-state index contributed by atoms with van der Waals surface area (Å²) in [6, 6.07) is 3.37. The Hall–Kier alpha value is -0.720. The topological polar surface area (TPSA) is 63.6 Å². The maximum Gasteiger partial charge on any atom is 0.349 e. The number of hydrogen-bond donors (Lipinski definition) is 1. The third kappa shape index (κ3) is 2.90. The van der Waals surface area contributed by atoms with Gasteiger partial charge in [0.1, 0.15) is 0 Å². The summed E-state index contributed by atoms with van der Waals surface area (Å²) in [7, 11) is 0. The lowest BCUT2D eigenvalue weighted by molar-refractivity contribution is 0.0781. The summed E-state index contributed by atoms with van der Waals surface area (Å²) in [6.07, 6.45) is 0. The van der Waals surface area contributed by atoms with E-state index < -0.39 is 17.0 Å². The van der Waals surface area contributed by atoms with Gasteiger partial charge in [-0.1, -0.05) is 6.07 Å². The number of hydrogen-bond acceptors (Lipinski definition) is 3. The Kier molecular flexibility index (Phi) is 4.64. The molecule has 0 radical (unpaired) electrons. The standard InChI is InChI=1S/C10H11BrO4S/c1-6-3-4-8(10(12)15-11)7(2)9(6)5-16(13)14/h3-4H,5H2,1-2H3,(H,13,14). The molecule has 1 atom stereocenters. The highest BCUT2D eigenvalue weighted by atomic mass is 79.9. The van der Waals surface area contributed by atoms with Crippen LogP contribution in [0.5, 0.6) is 0 Å². The summed E-state index contributed by atoms with van der Waals surface area (Å²) >= 11 is 0.696. The van der Waals surface area contributed by atoms with E-state index in [4.69, 9.17) is 4.55 Å². The van der Waals surface area contributed by atoms with Gasteiger partial charge in [-0.3, -0.25) is 0 Å². The fraction of sp³-hybridized carbons (Fsp3) is 0.300. The zero-order valence-electron chi connectivity index (χ0n) is 8.82. The van der Waals surface area contributed by atoms with E-state index in [2.05, 4.69) is 20.1 Å². The monoisotopic (exact) mass is 306 g/mol. The van der Waals surface area contributed by atoms with Crippen LogP contribution in [0.15, 0.2) is 12.1 Å². The second-order valence-corrected chi connectivity index (χ2v) is 4.62. The molecule has 0 amide bonds. The van der Waals surface area contributed by atoms with E-state index in [9.17, 15) is 9.00 Å². The average molecular weight is 307 g/mol. The molecule has 0 fully saturated rings. The molecule has 0 aromatic heterocycles. The van der Waals surface area contributed by atoms with Gasteiger partial charge in [0.05, 0.1) is 11.3 Å².